The van der Waals surface area contributed by atoms with E-state index in [1.807, 2.05) is 0 Å². The van der Waals surface area contributed by atoms with Crippen molar-refractivity contribution >= 4 is 22.8 Å². The van der Waals surface area contributed by atoms with Crippen molar-refractivity contribution in [3.63, 3.8) is 0 Å². The molecule has 1 atom stereocenters. The van der Waals surface area contributed by atoms with Crippen molar-refractivity contribution in [1.29, 1.82) is 0 Å². The van der Waals surface area contributed by atoms with Crippen molar-refractivity contribution in [2.45, 2.75) is 25.9 Å². The summed E-state index contributed by atoms with van der Waals surface area (Å²) in [6.45, 7) is 1.43. The van der Waals surface area contributed by atoms with Gasteiger partial charge in [0.15, 0.2) is 6.10 Å². The highest BCUT2D eigenvalue weighted by atomic mass is 16.6. The maximum absolute atomic E-state index is 11.9. The Hall–Kier alpha value is -2.70. The van der Waals surface area contributed by atoms with E-state index in [4.69, 9.17) is 4.74 Å². The average Bonchev–Trinajstić information content (AvgIpc) is 2.52. The first-order valence-corrected chi connectivity index (χ1v) is 6.76. The summed E-state index contributed by atoms with van der Waals surface area (Å²) in [4.78, 5) is 41.6. The molecule has 0 saturated carbocycles. The number of aryl methyl sites for hydroxylation is 1. The van der Waals surface area contributed by atoms with Crippen LogP contribution < -0.4 is 5.56 Å². The maximum atomic E-state index is 11.9. The van der Waals surface area contributed by atoms with Gasteiger partial charge in [-0.2, -0.15) is 0 Å². The molecular formula is C15H16N2O5. The standard InChI is InChI=1S/C15H16N2O5/c1-9(15(20)21-2)22-13(18)8-7-12-16-11-6-4-3-5-10(11)14(19)17-12/h3-6,9H,7-8H2,1-2H3,(H,16,17,19)/t9-/m1/s1. The molecule has 1 N–H and O–H groups in total. The van der Waals surface area contributed by atoms with E-state index in [-0.39, 0.29) is 18.4 Å². The predicted octanol–water partition coefficient (Wildman–Crippen LogP) is 0.960. The molecule has 0 saturated heterocycles. The SMILES string of the molecule is COC(=O)[C@@H](C)OC(=O)CCc1nc2ccccc2c(=O)[nH]1. The first-order chi connectivity index (χ1) is 10.5. The van der Waals surface area contributed by atoms with Crippen LogP contribution in [0.25, 0.3) is 10.9 Å². The fraction of sp³-hybridized carbons (Fsp3) is 0.333. The van der Waals surface area contributed by atoms with E-state index in [1.165, 1.54) is 14.0 Å². The molecule has 1 aromatic carbocycles. The number of fused-ring (bicyclic) bond motifs is 1. The van der Waals surface area contributed by atoms with Crippen LogP contribution >= 0.6 is 0 Å². The number of ether oxygens (including phenoxy) is 2. The summed E-state index contributed by atoms with van der Waals surface area (Å²) in [5.74, 6) is -0.786. The number of nitrogens with zero attached hydrogens (tertiary/aromatic N) is 1. The highest BCUT2D eigenvalue weighted by Crippen LogP contribution is 2.07. The number of hydrogen-bond acceptors (Lipinski definition) is 6. The van der Waals surface area contributed by atoms with E-state index in [0.29, 0.717) is 16.7 Å². The van der Waals surface area contributed by atoms with Crippen molar-refractivity contribution in [3.05, 3.63) is 40.4 Å². The summed E-state index contributed by atoms with van der Waals surface area (Å²) in [6.07, 6.45) is -0.740. The van der Waals surface area contributed by atoms with Crippen LogP contribution in [0.3, 0.4) is 0 Å². The third kappa shape index (κ3) is 3.69. The van der Waals surface area contributed by atoms with Crippen molar-refractivity contribution in [3.8, 4) is 0 Å². The van der Waals surface area contributed by atoms with Crippen LogP contribution in [-0.2, 0) is 25.5 Å². The number of hydrogen-bond donors (Lipinski definition) is 1. The Morgan fingerprint density at radius 2 is 2.05 bits per heavy atom. The van der Waals surface area contributed by atoms with E-state index in [0.717, 1.165) is 0 Å². The molecule has 7 heteroatoms. The van der Waals surface area contributed by atoms with Crippen LogP contribution in [0.15, 0.2) is 29.1 Å². The molecule has 0 spiro atoms. The molecule has 7 nitrogen and oxygen atoms in total. The van der Waals surface area contributed by atoms with Crippen molar-refractivity contribution in [1.82, 2.24) is 9.97 Å². The highest BCUT2D eigenvalue weighted by Gasteiger charge is 2.18. The molecule has 1 heterocycles. The molecule has 0 fully saturated rings. The summed E-state index contributed by atoms with van der Waals surface area (Å²) < 4.78 is 9.37. The Kier molecular flexibility index (Phi) is 4.88. The van der Waals surface area contributed by atoms with E-state index < -0.39 is 18.0 Å². The second kappa shape index (κ2) is 6.84. The van der Waals surface area contributed by atoms with Crippen molar-refractivity contribution in [2.24, 2.45) is 0 Å². The Morgan fingerprint density at radius 3 is 2.77 bits per heavy atom. The van der Waals surface area contributed by atoms with Crippen molar-refractivity contribution in [2.75, 3.05) is 7.11 Å². The Morgan fingerprint density at radius 1 is 1.32 bits per heavy atom. The van der Waals surface area contributed by atoms with Crippen molar-refractivity contribution < 1.29 is 19.1 Å². The summed E-state index contributed by atoms with van der Waals surface area (Å²) in [7, 11) is 1.22. The van der Waals surface area contributed by atoms with Gasteiger partial charge in [0.2, 0.25) is 0 Å². The Balaban J connectivity index is 2.01. The summed E-state index contributed by atoms with van der Waals surface area (Å²) >= 11 is 0. The summed E-state index contributed by atoms with van der Waals surface area (Å²) in [6, 6.07) is 6.94. The van der Waals surface area contributed by atoms with Gasteiger partial charge in [0.25, 0.3) is 5.56 Å². The monoisotopic (exact) mass is 304 g/mol. The van der Waals surface area contributed by atoms with Gasteiger partial charge in [0.1, 0.15) is 5.82 Å². The number of para-hydroxylation sites is 1. The lowest BCUT2D eigenvalue weighted by atomic mass is 10.2. The first-order valence-electron chi connectivity index (χ1n) is 6.76. The number of carbonyl (C=O) groups excluding carboxylic acids is 2. The molecule has 116 valence electrons. The Bertz CT molecular complexity index is 753. The lowest BCUT2D eigenvalue weighted by Gasteiger charge is -2.10. The van der Waals surface area contributed by atoms with Crippen LogP contribution in [0.4, 0.5) is 0 Å². The van der Waals surface area contributed by atoms with E-state index in [9.17, 15) is 14.4 Å². The fourth-order valence-corrected chi connectivity index (χ4v) is 1.94. The molecule has 0 unspecified atom stereocenters. The van der Waals surface area contributed by atoms with Crippen LogP contribution in [0, 0.1) is 0 Å². The third-order valence-corrected chi connectivity index (χ3v) is 3.07. The maximum Gasteiger partial charge on any atom is 0.346 e. The number of aromatic amines is 1. The molecule has 0 aliphatic rings. The number of esters is 2. The van der Waals surface area contributed by atoms with Gasteiger partial charge in [-0.1, -0.05) is 12.1 Å². The van der Waals surface area contributed by atoms with Crippen LogP contribution in [0.1, 0.15) is 19.2 Å². The number of methoxy groups -OCH3 is 1. The quantitative estimate of drug-likeness (QED) is 0.826. The summed E-state index contributed by atoms with van der Waals surface area (Å²) in [5, 5.41) is 0.494. The lowest BCUT2D eigenvalue weighted by Crippen LogP contribution is -2.25. The second-order valence-corrected chi connectivity index (χ2v) is 4.69. The van der Waals surface area contributed by atoms with Crippen LogP contribution in [-0.4, -0.2) is 35.1 Å². The molecule has 0 bridgehead atoms. The molecule has 1 aromatic heterocycles. The van der Waals surface area contributed by atoms with Crippen LogP contribution in [0.5, 0.6) is 0 Å². The molecule has 0 amide bonds. The number of carbonyl (C=O) groups is 2. The molecule has 0 aliphatic heterocycles. The zero-order valence-electron chi connectivity index (χ0n) is 12.3. The molecule has 22 heavy (non-hydrogen) atoms. The van der Waals surface area contributed by atoms with E-state index in [1.54, 1.807) is 24.3 Å². The Labute approximate surface area is 126 Å². The number of rotatable bonds is 5. The van der Waals surface area contributed by atoms with E-state index >= 15 is 0 Å². The number of aromatic nitrogens is 2. The highest BCUT2D eigenvalue weighted by molar-refractivity contribution is 5.79. The van der Waals surface area contributed by atoms with Gasteiger partial charge in [-0.15, -0.1) is 0 Å². The fourth-order valence-electron chi connectivity index (χ4n) is 1.94. The minimum absolute atomic E-state index is 0.00259. The second-order valence-electron chi connectivity index (χ2n) is 4.69. The average molecular weight is 304 g/mol. The lowest BCUT2D eigenvalue weighted by molar-refractivity contribution is -0.164. The van der Waals surface area contributed by atoms with Gasteiger partial charge in [0, 0.05) is 6.42 Å². The molecule has 2 aromatic rings. The van der Waals surface area contributed by atoms with E-state index in [2.05, 4.69) is 14.7 Å². The largest absolute Gasteiger partial charge is 0.466 e. The zero-order valence-corrected chi connectivity index (χ0v) is 12.3. The van der Waals surface area contributed by atoms with Gasteiger partial charge < -0.3 is 14.5 Å². The minimum atomic E-state index is -0.957. The molecular weight excluding hydrogens is 288 g/mol. The minimum Gasteiger partial charge on any atom is -0.466 e. The van der Waals surface area contributed by atoms with Gasteiger partial charge in [-0.25, -0.2) is 9.78 Å². The molecule has 2 rings (SSSR count). The predicted molar refractivity (Wildman–Crippen MR) is 78.3 cm³/mol. The number of H-pyrrole nitrogens is 1. The van der Waals surface area contributed by atoms with Gasteiger partial charge >= 0.3 is 11.9 Å². The van der Waals surface area contributed by atoms with Gasteiger partial charge in [0.05, 0.1) is 24.4 Å². The number of benzene rings is 1. The molecule has 0 aliphatic carbocycles. The topological polar surface area (TPSA) is 98.3 Å². The normalized spacial score (nSPS) is 11.9. The third-order valence-electron chi connectivity index (χ3n) is 3.07. The van der Waals surface area contributed by atoms with Gasteiger partial charge in [-0.3, -0.25) is 9.59 Å². The number of nitrogens with one attached hydrogen (secondary N) is 1. The smallest absolute Gasteiger partial charge is 0.346 e. The first kappa shape index (κ1) is 15.7. The zero-order chi connectivity index (χ0) is 16.1. The van der Waals surface area contributed by atoms with Gasteiger partial charge in [-0.05, 0) is 19.1 Å². The summed E-state index contributed by atoms with van der Waals surface area (Å²) in [5.41, 5.74) is 0.314. The molecule has 0 radical (unpaired) electrons. The van der Waals surface area contributed by atoms with Crippen LogP contribution in [0.2, 0.25) is 0 Å².